The number of hydrogen-bond acceptors (Lipinski definition) is 2. The van der Waals surface area contributed by atoms with Crippen LogP contribution >= 0.6 is 0 Å². The van der Waals surface area contributed by atoms with E-state index in [-0.39, 0.29) is 5.82 Å². The second kappa shape index (κ2) is 6.12. The Kier molecular flexibility index (Phi) is 4.51. The van der Waals surface area contributed by atoms with Gasteiger partial charge in [0, 0.05) is 18.7 Å². The molecular formula is C14H21FN2. The molecule has 0 unspecified atom stereocenters. The molecule has 1 aliphatic rings. The quantitative estimate of drug-likeness (QED) is 0.862. The molecule has 1 saturated heterocycles. The third-order valence-corrected chi connectivity index (χ3v) is 3.43. The maximum atomic E-state index is 13.5. The summed E-state index contributed by atoms with van der Waals surface area (Å²) in [5, 5.41) is 3.37. The topological polar surface area (TPSA) is 15.3 Å². The average molecular weight is 236 g/mol. The highest BCUT2D eigenvalue weighted by Gasteiger charge is 2.15. The van der Waals surface area contributed by atoms with Crippen molar-refractivity contribution in [3.8, 4) is 0 Å². The fourth-order valence-corrected chi connectivity index (χ4v) is 2.49. The van der Waals surface area contributed by atoms with Crippen molar-refractivity contribution in [1.29, 1.82) is 0 Å². The zero-order chi connectivity index (χ0) is 12.1. The monoisotopic (exact) mass is 236 g/mol. The number of rotatable bonds is 4. The molecule has 3 heteroatoms. The van der Waals surface area contributed by atoms with Gasteiger partial charge in [0.1, 0.15) is 5.82 Å². The van der Waals surface area contributed by atoms with Gasteiger partial charge in [-0.15, -0.1) is 0 Å². The molecule has 1 N–H and O–H groups in total. The maximum absolute atomic E-state index is 13.5. The van der Waals surface area contributed by atoms with E-state index >= 15 is 0 Å². The lowest BCUT2D eigenvalue weighted by molar-refractivity contribution is 0.232. The van der Waals surface area contributed by atoms with Crippen LogP contribution in [0.2, 0.25) is 0 Å². The largest absolute Gasteiger partial charge is 0.317 e. The molecule has 0 atom stereocenters. The van der Waals surface area contributed by atoms with E-state index in [4.69, 9.17) is 0 Å². The van der Waals surface area contributed by atoms with Gasteiger partial charge in [0.15, 0.2) is 0 Å². The summed E-state index contributed by atoms with van der Waals surface area (Å²) in [4.78, 5) is 2.23. The molecule has 0 spiro atoms. The molecule has 1 aliphatic heterocycles. The van der Waals surface area contributed by atoms with Crippen molar-refractivity contribution in [3.63, 3.8) is 0 Å². The van der Waals surface area contributed by atoms with Gasteiger partial charge in [-0.1, -0.05) is 18.2 Å². The summed E-state index contributed by atoms with van der Waals surface area (Å²) >= 11 is 0. The smallest absolute Gasteiger partial charge is 0.127 e. The SMILES string of the molecule is CN(Cc1ccccc1F)CC1CCNCC1. The van der Waals surface area contributed by atoms with E-state index in [9.17, 15) is 4.39 Å². The zero-order valence-corrected chi connectivity index (χ0v) is 10.5. The Labute approximate surface area is 103 Å². The van der Waals surface area contributed by atoms with E-state index in [1.54, 1.807) is 6.07 Å². The van der Waals surface area contributed by atoms with Gasteiger partial charge in [-0.3, -0.25) is 0 Å². The molecule has 2 nitrogen and oxygen atoms in total. The van der Waals surface area contributed by atoms with Crippen molar-refractivity contribution in [2.24, 2.45) is 5.92 Å². The summed E-state index contributed by atoms with van der Waals surface area (Å²) in [7, 11) is 2.08. The van der Waals surface area contributed by atoms with Gasteiger partial charge in [-0.25, -0.2) is 4.39 Å². The van der Waals surface area contributed by atoms with Gasteiger partial charge in [0.2, 0.25) is 0 Å². The van der Waals surface area contributed by atoms with Crippen molar-refractivity contribution in [1.82, 2.24) is 10.2 Å². The molecule has 0 radical (unpaired) electrons. The highest BCUT2D eigenvalue weighted by molar-refractivity contribution is 5.16. The van der Waals surface area contributed by atoms with Gasteiger partial charge in [-0.05, 0) is 45.0 Å². The van der Waals surface area contributed by atoms with Crippen molar-refractivity contribution in [3.05, 3.63) is 35.6 Å². The van der Waals surface area contributed by atoms with Crippen LogP contribution in [0.4, 0.5) is 4.39 Å². The van der Waals surface area contributed by atoms with Gasteiger partial charge in [0.05, 0.1) is 0 Å². The second-order valence-corrected chi connectivity index (χ2v) is 4.98. The first-order valence-electron chi connectivity index (χ1n) is 6.38. The summed E-state index contributed by atoms with van der Waals surface area (Å²) in [6.45, 7) is 4.02. The minimum atomic E-state index is -0.0929. The van der Waals surface area contributed by atoms with Crippen molar-refractivity contribution < 1.29 is 4.39 Å². The van der Waals surface area contributed by atoms with Gasteiger partial charge in [-0.2, -0.15) is 0 Å². The first-order valence-corrected chi connectivity index (χ1v) is 6.38. The Morgan fingerprint density at radius 3 is 2.71 bits per heavy atom. The number of nitrogens with zero attached hydrogens (tertiary/aromatic N) is 1. The molecule has 1 heterocycles. The highest BCUT2D eigenvalue weighted by atomic mass is 19.1. The zero-order valence-electron chi connectivity index (χ0n) is 10.5. The Balaban J connectivity index is 1.84. The fraction of sp³-hybridized carbons (Fsp3) is 0.571. The Morgan fingerprint density at radius 1 is 1.29 bits per heavy atom. The second-order valence-electron chi connectivity index (χ2n) is 4.98. The van der Waals surface area contributed by atoms with E-state index in [2.05, 4.69) is 17.3 Å². The lowest BCUT2D eigenvalue weighted by Crippen LogP contribution is -2.34. The van der Waals surface area contributed by atoms with Crippen LogP contribution in [-0.4, -0.2) is 31.6 Å². The van der Waals surface area contributed by atoms with Crippen LogP contribution in [-0.2, 0) is 6.54 Å². The summed E-state index contributed by atoms with van der Waals surface area (Å²) in [6.07, 6.45) is 2.48. The predicted molar refractivity (Wildman–Crippen MR) is 68.3 cm³/mol. The number of halogens is 1. The summed E-state index contributed by atoms with van der Waals surface area (Å²) in [5.41, 5.74) is 0.795. The summed E-state index contributed by atoms with van der Waals surface area (Å²) in [6, 6.07) is 7.05. The number of piperidine rings is 1. The molecule has 17 heavy (non-hydrogen) atoms. The Morgan fingerprint density at radius 2 is 2.00 bits per heavy atom. The molecule has 2 rings (SSSR count). The molecule has 1 aromatic rings. The number of benzene rings is 1. The van der Waals surface area contributed by atoms with Crippen LogP contribution in [0.25, 0.3) is 0 Å². The van der Waals surface area contributed by atoms with E-state index in [0.29, 0.717) is 6.54 Å². The number of nitrogens with one attached hydrogen (secondary N) is 1. The first-order chi connectivity index (χ1) is 8.25. The molecule has 0 saturated carbocycles. The average Bonchev–Trinajstić information content (AvgIpc) is 2.33. The van der Waals surface area contributed by atoms with Crippen LogP contribution < -0.4 is 5.32 Å². The minimum absolute atomic E-state index is 0.0929. The van der Waals surface area contributed by atoms with Gasteiger partial charge >= 0.3 is 0 Å². The lowest BCUT2D eigenvalue weighted by atomic mass is 9.97. The lowest BCUT2D eigenvalue weighted by Gasteiger charge is -2.27. The van der Waals surface area contributed by atoms with Crippen molar-refractivity contribution >= 4 is 0 Å². The van der Waals surface area contributed by atoms with Gasteiger partial charge in [0.25, 0.3) is 0 Å². The molecule has 94 valence electrons. The number of hydrogen-bond donors (Lipinski definition) is 1. The highest BCUT2D eigenvalue weighted by Crippen LogP contribution is 2.15. The Hall–Kier alpha value is -0.930. The van der Waals surface area contributed by atoms with Crippen molar-refractivity contribution in [2.45, 2.75) is 19.4 Å². The molecule has 1 aromatic carbocycles. The van der Waals surface area contributed by atoms with E-state index in [1.165, 1.54) is 18.9 Å². The maximum Gasteiger partial charge on any atom is 0.127 e. The van der Waals surface area contributed by atoms with E-state index in [0.717, 1.165) is 31.1 Å². The normalized spacial score (nSPS) is 17.6. The minimum Gasteiger partial charge on any atom is -0.317 e. The fourth-order valence-electron chi connectivity index (χ4n) is 2.49. The molecule has 0 amide bonds. The first kappa shape index (κ1) is 12.5. The van der Waals surface area contributed by atoms with Crippen LogP contribution in [0.3, 0.4) is 0 Å². The van der Waals surface area contributed by atoms with Crippen molar-refractivity contribution in [2.75, 3.05) is 26.7 Å². The summed E-state index contributed by atoms with van der Waals surface area (Å²) in [5.74, 6) is 0.665. The third-order valence-electron chi connectivity index (χ3n) is 3.43. The molecule has 0 aliphatic carbocycles. The summed E-state index contributed by atoms with van der Waals surface area (Å²) < 4.78 is 13.5. The van der Waals surface area contributed by atoms with Crippen LogP contribution in [0.15, 0.2) is 24.3 Å². The van der Waals surface area contributed by atoms with Crippen LogP contribution in [0, 0.1) is 11.7 Å². The predicted octanol–water partition coefficient (Wildman–Crippen LogP) is 2.26. The van der Waals surface area contributed by atoms with E-state index in [1.807, 2.05) is 12.1 Å². The van der Waals surface area contributed by atoms with Crippen LogP contribution in [0.1, 0.15) is 18.4 Å². The molecule has 0 aromatic heterocycles. The standard InChI is InChI=1S/C14H21FN2/c1-17(10-12-6-8-16-9-7-12)11-13-4-2-3-5-14(13)15/h2-5,12,16H,6-11H2,1H3. The van der Waals surface area contributed by atoms with Crippen LogP contribution in [0.5, 0.6) is 0 Å². The van der Waals surface area contributed by atoms with E-state index < -0.39 is 0 Å². The molecule has 0 bridgehead atoms. The molecule has 1 fully saturated rings. The Bertz CT molecular complexity index is 348. The van der Waals surface area contributed by atoms with Gasteiger partial charge < -0.3 is 10.2 Å². The third kappa shape index (κ3) is 3.79. The molecular weight excluding hydrogens is 215 g/mol.